The van der Waals surface area contributed by atoms with Gasteiger partial charge in [-0.25, -0.2) is 13.6 Å². The van der Waals surface area contributed by atoms with Crippen LogP contribution in [0.4, 0.5) is 14.5 Å². The van der Waals surface area contributed by atoms with Crippen LogP contribution in [0.2, 0.25) is 0 Å². The third-order valence-corrected chi connectivity index (χ3v) is 2.07. The number of anilines is 1. The molecule has 0 unspecified atom stereocenters. The number of methoxy groups -OCH3 is 1. The fraction of sp³-hybridized carbons (Fsp3) is 0.111. The number of carbonyl (C=O) groups excluding carboxylic acids is 2. The van der Waals surface area contributed by atoms with E-state index in [0.717, 1.165) is 19.2 Å². The average Bonchev–Trinajstić information content (AvgIpc) is 2.21. The predicted octanol–water partition coefficient (Wildman–Crippen LogP) is 1.84. The molecule has 4 nitrogen and oxygen atoms in total. The van der Waals surface area contributed by atoms with Gasteiger partial charge in [0.1, 0.15) is 5.69 Å². The number of amides is 1. The molecule has 0 atom stereocenters. The van der Waals surface area contributed by atoms with Crippen LogP contribution in [-0.4, -0.2) is 19.0 Å². The van der Waals surface area contributed by atoms with Crippen LogP contribution < -0.4 is 5.32 Å². The highest BCUT2D eigenvalue weighted by Gasteiger charge is 2.19. The van der Waals surface area contributed by atoms with Gasteiger partial charge in [-0.05, 0) is 12.1 Å². The van der Waals surface area contributed by atoms with Crippen molar-refractivity contribution in [2.45, 2.75) is 0 Å². The highest BCUT2D eigenvalue weighted by Crippen LogP contribution is 2.23. The first-order chi connectivity index (χ1) is 7.45. The second-order valence-corrected chi connectivity index (χ2v) is 3.61. The summed E-state index contributed by atoms with van der Waals surface area (Å²) in [5.41, 5.74) is -0.696. The Morgan fingerprint density at radius 3 is 2.25 bits per heavy atom. The van der Waals surface area contributed by atoms with Crippen molar-refractivity contribution in [2.24, 2.45) is 0 Å². The zero-order chi connectivity index (χ0) is 12.3. The van der Waals surface area contributed by atoms with E-state index in [0.29, 0.717) is 0 Å². The molecule has 0 spiro atoms. The molecule has 1 amide bonds. The quantitative estimate of drug-likeness (QED) is 0.635. The number of benzene rings is 1. The summed E-state index contributed by atoms with van der Waals surface area (Å²) in [6.45, 7) is 0. The van der Waals surface area contributed by atoms with Gasteiger partial charge in [-0.3, -0.25) is 4.79 Å². The summed E-state index contributed by atoms with van der Waals surface area (Å²) in [4.78, 5) is 21.7. The van der Waals surface area contributed by atoms with Crippen LogP contribution in [0.25, 0.3) is 0 Å². The monoisotopic (exact) mass is 293 g/mol. The van der Waals surface area contributed by atoms with E-state index in [1.54, 1.807) is 5.32 Å². The molecule has 0 aliphatic rings. The van der Waals surface area contributed by atoms with Crippen molar-refractivity contribution < 1.29 is 23.1 Å². The van der Waals surface area contributed by atoms with Gasteiger partial charge < -0.3 is 10.1 Å². The van der Waals surface area contributed by atoms with E-state index in [2.05, 4.69) is 20.7 Å². The van der Waals surface area contributed by atoms with E-state index in [4.69, 9.17) is 0 Å². The molecule has 16 heavy (non-hydrogen) atoms. The number of rotatable bonds is 1. The van der Waals surface area contributed by atoms with Crippen LogP contribution in [-0.2, 0) is 14.3 Å². The maximum Gasteiger partial charge on any atom is 0.396 e. The molecule has 0 aliphatic carbocycles. The number of nitrogens with one attached hydrogen (secondary N) is 1. The fourth-order valence-corrected chi connectivity index (χ4v) is 1.32. The molecule has 0 heterocycles. The minimum absolute atomic E-state index is 0.179. The Kier molecular flexibility index (Phi) is 3.94. The Morgan fingerprint density at radius 2 is 1.81 bits per heavy atom. The van der Waals surface area contributed by atoms with Crippen molar-refractivity contribution in [1.29, 1.82) is 0 Å². The molecule has 0 saturated heterocycles. The molecule has 0 radical (unpaired) electrons. The predicted molar refractivity (Wildman–Crippen MR) is 54.7 cm³/mol. The standard InChI is InChI=1S/C9H6BrF2NO3/c1-16-9(15)8(14)13-7-5(11)2-4(10)3-6(7)12/h2-3H,1H3,(H,13,14). The summed E-state index contributed by atoms with van der Waals surface area (Å²) in [5.74, 6) is -4.47. The van der Waals surface area contributed by atoms with Crippen LogP contribution in [0.5, 0.6) is 0 Å². The highest BCUT2D eigenvalue weighted by molar-refractivity contribution is 9.10. The summed E-state index contributed by atoms with van der Waals surface area (Å²) < 4.78 is 30.7. The lowest BCUT2D eigenvalue weighted by Crippen LogP contribution is -2.25. The highest BCUT2D eigenvalue weighted by atomic mass is 79.9. The van der Waals surface area contributed by atoms with Crippen molar-refractivity contribution in [1.82, 2.24) is 0 Å². The summed E-state index contributed by atoms with van der Waals surface area (Å²) in [6.07, 6.45) is 0. The van der Waals surface area contributed by atoms with Crippen molar-refractivity contribution in [3.8, 4) is 0 Å². The average molecular weight is 294 g/mol. The topological polar surface area (TPSA) is 55.4 Å². The van der Waals surface area contributed by atoms with Crippen molar-refractivity contribution >= 4 is 33.5 Å². The molecule has 1 aromatic carbocycles. The second-order valence-electron chi connectivity index (χ2n) is 2.69. The first-order valence-corrected chi connectivity index (χ1v) is 4.79. The van der Waals surface area contributed by atoms with Gasteiger partial charge in [0, 0.05) is 4.47 Å². The zero-order valence-electron chi connectivity index (χ0n) is 8.01. The van der Waals surface area contributed by atoms with Gasteiger partial charge in [-0.15, -0.1) is 0 Å². The smallest absolute Gasteiger partial charge is 0.396 e. The molecule has 0 aliphatic heterocycles. The van der Waals surface area contributed by atoms with Gasteiger partial charge in [0.05, 0.1) is 7.11 Å². The molecular formula is C9H6BrF2NO3. The molecule has 1 aromatic rings. The zero-order valence-corrected chi connectivity index (χ0v) is 9.60. The van der Waals surface area contributed by atoms with Crippen molar-refractivity contribution in [3.05, 3.63) is 28.2 Å². The number of hydrogen-bond donors (Lipinski definition) is 1. The molecule has 1 rings (SSSR count). The fourth-order valence-electron chi connectivity index (χ4n) is 0.919. The van der Waals surface area contributed by atoms with E-state index in [9.17, 15) is 18.4 Å². The van der Waals surface area contributed by atoms with Crippen LogP contribution in [0.1, 0.15) is 0 Å². The third kappa shape index (κ3) is 2.75. The normalized spacial score (nSPS) is 9.75. The minimum Gasteiger partial charge on any atom is -0.462 e. The Morgan fingerprint density at radius 1 is 1.31 bits per heavy atom. The Hall–Kier alpha value is -1.50. The summed E-state index contributed by atoms with van der Waals surface area (Å²) >= 11 is 2.87. The van der Waals surface area contributed by atoms with Gasteiger partial charge in [-0.1, -0.05) is 15.9 Å². The van der Waals surface area contributed by atoms with Crippen molar-refractivity contribution in [3.63, 3.8) is 0 Å². The number of esters is 1. The largest absolute Gasteiger partial charge is 0.462 e. The Balaban J connectivity index is 2.98. The van der Waals surface area contributed by atoms with Gasteiger partial charge >= 0.3 is 11.9 Å². The van der Waals surface area contributed by atoms with E-state index in [1.807, 2.05) is 0 Å². The maximum atomic E-state index is 13.2. The van der Waals surface area contributed by atoms with Gasteiger partial charge in [0.2, 0.25) is 0 Å². The van der Waals surface area contributed by atoms with Gasteiger partial charge in [0.15, 0.2) is 11.6 Å². The first kappa shape index (κ1) is 12.6. The van der Waals surface area contributed by atoms with E-state index < -0.39 is 29.2 Å². The van der Waals surface area contributed by atoms with E-state index >= 15 is 0 Å². The number of carbonyl (C=O) groups is 2. The molecule has 7 heteroatoms. The molecule has 0 fully saturated rings. The summed E-state index contributed by atoms with van der Waals surface area (Å²) in [6, 6.07) is 1.91. The number of hydrogen-bond acceptors (Lipinski definition) is 3. The second kappa shape index (κ2) is 5.02. The SMILES string of the molecule is COC(=O)C(=O)Nc1c(F)cc(Br)cc1F. The lowest BCUT2D eigenvalue weighted by atomic mass is 10.3. The van der Waals surface area contributed by atoms with Gasteiger partial charge in [0.25, 0.3) is 0 Å². The molecule has 0 saturated carbocycles. The van der Waals surface area contributed by atoms with Crippen LogP contribution in [0, 0.1) is 11.6 Å². The maximum absolute atomic E-state index is 13.2. The van der Waals surface area contributed by atoms with Crippen molar-refractivity contribution in [2.75, 3.05) is 12.4 Å². The minimum atomic E-state index is -1.25. The molecule has 0 aromatic heterocycles. The summed E-state index contributed by atoms with van der Waals surface area (Å²) in [5, 5.41) is 1.77. The number of halogens is 3. The molecule has 1 N–H and O–H groups in total. The van der Waals surface area contributed by atoms with Crippen LogP contribution in [0.15, 0.2) is 16.6 Å². The number of ether oxygens (including phenoxy) is 1. The van der Waals surface area contributed by atoms with Crippen LogP contribution >= 0.6 is 15.9 Å². The molecule has 86 valence electrons. The lowest BCUT2D eigenvalue weighted by Gasteiger charge is -2.06. The Bertz CT molecular complexity index is 427. The van der Waals surface area contributed by atoms with E-state index in [1.165, 1.54) is 0 Å². The molecular weight excluding hydrogens is 288 g/mol. The Labute approximate surface area is 97.7 Å². The summed E-state index contributed by atoms with van der Waals surface area (Å²) in [7, 11) is 0.982. The molecule has 0 bridgehead atoms. The van der Waals surface area contributed by atoms with Gasteiger partial charge in [-0.2, -0.15) is 0 Å². The lowest BCUT2D eigenvalue weighted by molar-refractivity contribution is -0.150. The third-order valence-electron chi connectivity index (χ3n) is 1.62. The first-order valence-electron chi connectivity index (χ1n) is 3.99. The van der Waals surface area contributed by atoms with Crippen LogP contribution in [0.3, 0.4) is 0 Å². The van der Waals surface area contributed by atoms with E-state index in [-0.39, 0.29) is 4.47 Å².